The van der Waals surface area contributed by atoms with E-state index in [0.29, 0.717) is 11.5 Å². The minimum atomic E-state index is 0.328. The predicted molar refractivity (Wildman–Crippen MR) is 78.1 cm³/mol. The van der Waals surface area contributed by atoms with Gasteiger partial charge >= 0.3 is 0 Å². The quantitative estimate of drug-likeness (QED) is 0.817. The normalized spacial score (nSPS) is 13.4. The summed E-state index contributed by atoms with van der Waals surface area (Å²) in [5.74, 6) is 0.977. The van der Waals surface area contributed by atoms with Crippen LogP contribution in [0.3, 0.4) is 0 Å². The molecule has 0 fully saturated rings. The van der Waals surface area contributed by atoms with Gasteiger partial charge in [-0.3, -0.25) is 0 Å². The van der Waals surface area contributed by atoms with Crippen LogP contribution in [0.15, 0.2) is 24.3 Å². The van der Waals surface area contributed by atoms with Gasteiger partial charge in [-0.2, -0.15) is 0 Å². The van der Waals surface area contributed by atoms with Crippen LogP contribution >= 0.6 is 0 Å². The van der Waals surface area contributed by atoms with Crippen LogP contribution in [0, 0.1) is 5.41 Å². The van der Waals surface area contributed by atoms with Gasteiger partial charge in [0.15, 0.2) is 0 Å². The zero-order valence-electron chi connectivity index (χ0n) is 12.4. The summed E-state index contributed by atoms with van der Waals surface area (Å²) in [6.45, 7) is 9.68. The molecule has 1 atom stereocenters. The van der Waals surface area contributed by atoms with E-state index in [9.17, 15) is 0 Å². The SMILES string of the molecule is CCC(NC)c1cccc(OCCC(C)(C)C)c1. The lowest BCUT2D eigenvalue weighted by atomic mass is 9.93. The summed E-state index contributed by atoms with van der Waals surface area (Å²) >= 11 is 0. The van der Waals surface area contributed by atoms with Crippen molar-refractivity contribution in [3.63, 3.8) is 0 Å². The number of hydrogen-bond acceptors (Lipinski definition) is 2. The Bertz CT molecular complexity index is 350. The van der Waals surface area contributed by atoms with Crippen LogP contribution in [0.4, 0.5) is 0 Å². The topological polar surface area (TPSA) is 21.3 Å². The lowest BCUT2D eigenvalue weighted by Crippen LogP contribution is -2.15. The Morgan fingerprint density at radius 1 is 1.28 bits per heavy atom. The maximum Gasteiger partial charge on any atom is 0.119 e. The van der Waals surface area contributed by atoms with Crippen molar-refractivity contribution in [3.05, 3.63) is 29.8 Å². The first-order chi connectivity index (χ1) is 8.46. The van der Waals surface area contributed by atoms with Gasteiger partial charge in [0.2, 0.25) is 0 Å². The third-order valence-corrected chi connectivity index (χ3v) is 3.14. The molecule has 0 saturated carbocycles. The third kappa shape index (κ3) is 5.09. The molecule has 18 heavy (non-hydrogen) atoms. The molecule has 0 aromatic heterocycles. The molecular formula is C16H27NO. The minimum Gasteiger partial charge on any atom is -0.494 e. The number of rotatable bonds is 6. The van der Waals surface area contributed by atoms with Crippen LogP contribution in [0.2, 0.25) is 0 Å². The maximum absolute atomic E-state index is 5.83. The number of benzene rings is 1. The molecule has 0 amide bonds. The van der Waals surface area contributed by atoms with E-state index in [0.717, 1.165) is 25.2 Å². The van der Waals surface area contributed by atoms with Crippen molar-refractivity contribution in [2.75, 3.05) is 13.7 Å². The van der Waals surface area contributed by atoms with E-state index in [-0.39, 0.29) is 0 Å². The number of hydrogen-bond donors (Lipinski definition) is 1. The van der Waals surface area contributed by atoms with E-state index in [1.807, 2.05) is 13.1 Å². The summed E-state index contributed by atoms with van der Waals surface area (Å²) in [4.78, 5) is 0. The average Bonchev–Trinajstić information content (AvgIpc) is 2.29. The fourth-order valence-electron chi connectivity index (χ4n) is 1.90. The number of ether oxygens (including phenoxy) is 1. The van der Waals surface area contributed by atoms with Gasteiger partial charge < -0.3 is 10.1 Å². The summed E-state index contributed by atoms with van der Waals surface area (Å²) in [7, 11) is 2.00. The van der Waals surface area contributed by atoms with Gasteiger partial charge in [-0.1, -0.05) is 39.8 Å². The molecule has 0 aliphatic carbocycles. The zero-order valence-corrected chi connectivity index (χ0v) is 12.4. The Morgan fingerprint density at radius 2 is 2.00 bits per heavy atom. The molecule has 0 aliphatic rings. The molecule has 0 spiro atoms. The zero-order chi connectivity index (χ0) is 13.6. The molecule has 2 heteroatoms. The molecule has 1 N–H and O–H groups in total. The highest BCUT2D eigenvalue weighted by Gasteiger charge is 2.11. The molecule has 0 saturated heterocycles. The van der Waals surface area contributed by atoms with E-state index >= 15 is 0 Å². The molecule has 1 aromatic rings. The van der Waals surface area contributed by atoms with Crippen molar-refractivity contribution in [2.45, 2.75) is 46.6 Å². The van der Waals surface area contributed by atoms with Gasteiger partial charge in [-0.05, 0) is 43.0 Å². The Balaban J connectivity index is 2.59. The standard InChI is InChI=1S/C16H27NO/c1-6-15(17-5)13-8-7-9-14(12-13)18-11-10-16(2,3)4/h7-9,12,15,17H,6,10-11H2,1-5H3. The van der Waals surface area contributed by atoms with Gasteiger partial charge in [-0.25, -0.2) is 0 Å². The first-order valence-corrected chi connectivity index (χ1v) is 6.86. The molecule has 1 rings (SSSR count). The summed E-state index contributed by atoms with van der Waals surface area (Å²) in [6, 6.07) is 8.82. The molecule has 0 radical (unpaired) electrons. The van der Waals surface area contributed by atoms with Gasteiger partial charge in [0, 0.05) is 6.04 Å². The van der Waals surface area contributed by atoms with E-state index in [2.05, 4.69) is 51.2 Å². The highest BCUT2D eigenvalue weighted by atomic mass is 16.5. The summed E-state index contributed by atoms with van der Waals surface area (Å²) in [6.07, 6.45) is 2.16. The highest BCUT2D eigenvalue weighted by molar-refractivity contribution is 5.30. The lowest BCUT2D eigenvalue weighted by Gasteiger charge is -2.19. The van der Waals surface area contributed by atoms with Crippen molar-refractivity contribution < 1.29 is 4.74 Å². The van der Waals surface area contributed by atoms with E-state index in [1.165, 1.54) is 5.56 Å². The first kappa shape index (κ1) is 15.0. The molecule has 2 nitrogen and oxygen atoms in total. The predicted octanol–water partition coefficient (Wildman–Crippen LogP) is 4.17. The van der Waals surface area contributed by atoms with Crippen LogP contribution in [0.25, 0.3) is 0 Å². The minimum absolute atomic E-state index is 0.328. The summed E-state index contributed by atoms with van der Waals surface area (Å²) < 4.78 is 5.83. The fourth-order valence-corrected chi connectivity index (χ4v) is 1.90. The first-order valence-electron chi connectivity index (χ1n) is 6.86. The van der Waals surface area contributed by atoms with Crippen molar-refractivity contribution in [1.82, 2.24) is 5.32 Å². The Kier molecular flexibility index (Phi) is 5.67. The molecule has 0 bridgehead atoms. The Hall–Kier alpha value is -1.02. The van der Waals surface area contributed by atoms with Gasteiger partial charge in [0.25, 0.3) is 0 Å². The van der Waals surface area contributed by atoms with E-state index < -0.39 is 0 Å². The van der Waals surface area contributed by atoms with E-state index in [4.69, 9.17) is 4.74 Å². The second kappa shape index (κ2) is 6.79. The lowest BCUT2D eigenvalue weighted by molar-refractivity contribution is 0.242. The van der Waals surface area contributed by atoms with Crippen LogP contribution in [-0.4, -0.2) is 13.7 Å². The molecule has 1 unspecified atom stereocenters. The van der Waals surface area contributed by atoms with Crippen LogP contribution in [0.5, 0.6) is 5.75 Å². The molecule has 0 aliphatic heterocycles. The van der Waals surface area contributed by atoms with Gasteiger partial charge in [-0.15, -0.1) is 0 Å². The van der Waals surface area contributed by atoms with E-state index in [1.54, 1.807) is 0 Å². The van der Waals surface area contributed by atoms with Crippen LogP contribution in [-0.2, 0) is 0 Å². The van der Waals surface area contributed by atoms with Crippen molar-refractivity contribution in [2.24, 2.45) is 5.41 Å². The van der Waals surface area contributed by atoms with Crippen LogP contribution in [0.1, 0.15) is 52.1 Å². The highest BCUT2D eigenvalue weighted by Crippen LogP contribution is 2.23. The Morgan fingerprint density at radius 3 is 2.56 bits per heavy atom. The Labute approximate surface area is 112 Å². The second-order valence-electron chi connectivity index (χ2n) is 5.98. The van der Waals surface area contributed by atoms with Gasteiger partial charge in [0.05, 0.1) is 6.61 Å². The maximum atomic E-state index is 5.83. The van der Waals surface area contributed by atoms with Crippen LogP contribution < -0.4 is 10.1 Å². The van der Waals surface area contributed by atoms with Gasteiger partial charge in [0.1, 0.15) is 5.75 Å². The average molecular weight is 249 g/mol. The molecular weight excluding hydrogens is 222 g/mol. The molecule has 0 heterocycles. The fraction of sp³-hybridized carbons (Fsp3) is 0.625. The smallest absolute Gasteiger partial charge is 0.119 e. The summed E-state index contributed by atoms with van der Waals surface area (Å²) in [5.41, 5.74) is 1.63. The second-order valence-corrected chi connectivity index (χ2v) is 5.98. The summed E-state index contributed by atoms with van der Waals surface area (Å²) in [5, 5.41) is 3.32. The van der Waals surface area contributed by atoms with Crippen molar-refractivity contribution >= 4 is 0 Å². The largest absolute Gasteiger partial charge is 0.494 e. The van der Waals surface area contributed by atoms with Crippen molar-refractivity contribution in [1.29, 1.82) is 0 Å². The monoisotopic (exact) mass is 249 g/mol. The number of nitrogens with one attached hydrogen (secondary N) is 1. The molecule has 102 valence electrons. The van der Waals surface area contributed by atoms with Crippen molar-refractivity contribution in [3.8, 4) is 5.75 Å². The third-order valence-electron chi connectivity index (χ3n) is 3.14. The molecule has 1 aromatic carbocycles.